The second-order valence-electron chi connectivity index (χ2n) is 5.57. The summed E-state index contributed by atoms with van der Waals surface area (Å²) in [7, 11) is 0. The predicted molar refractivity (Wildman–Crippen MR) is 81.6 cm³/mol. The zero-order valence-electron chi connectivity index (χ0n) is 12.6. The number of aryl methyl sites for hydroxylation is 2. The van der Waals surface area contributed by atoms with Gasteiger partial charge in [0.2, 0.25) is 0 Å². The van der Waals surface area contributed by atoms with Crippen LogP contribution in [0.1, 0.15) is 49.1 Å². The molecule has 3 heteroatoms. The molecular weight excluding hydrogens is 253 g/mol. The second-order valence-corrected chi connectivity index (χ2v) is 5.57. The number of hydrogen-bond acceptors (Lipinski definition) is 1. The van der Waals surface area contributed by atoms with Gasteiger partial charge in [-0.2, -0.15) is 0 Å². The fraction of sp³-hybridized carbons (Fsp3) is 0.353. The van der Waals surface area contributed by atoms with Gasteiger partial charge in [0.1, 0.15) is 0 Å². The van der Waals surface area contributed by atoms with Crippen molar-refractivity contribution >= 4 is 22.8 Å². The highest BCUT2D eigenvalue weighted by molar-refractivity contribution is 5.95. The average molecular weight is 273 g/mol. The Bertz CT molecular complexity index is 707. The number of hydrogen-bond donors (Lipinski definition) is 1. The molecule has 0 saturated carbocycles. The van der Waals surface area contributed by atoms with E-state index in [1.54, 1.807) is 6.92 Å². The third-order valence-corrected chi connectivity index (χ3v) is 3.95. The third kappa shape index (κ3) is 2.17. The van der Waals surface area contributed by atoms with Gasteiger partial charge >= 0.3 is 0 Å². The van der Waals surface area contributed by atoms with Crippen LogP contribution in [0.4, 0.5) is 4.39 Å². The van der Waals surface area contributed by atoms with Crippen LogP contribution in [-0.2, 0) is 4.79 Å². The van der Waals surface area contributed by atoms with Gasteiger partial charge in [-0.3, -0.25) is 4.79 Å². The number of halogens is 1. The highest BCUT2D eigenvalue weighted by Crippen LogP contribution is 2.36. The maximum Gasteiger partial charge on any atom is 0.178 e. The van der Waals surface area contributed by atoms with E-state index in [0.717, 1.165) is 27.7 Å². The molecule has 0 fully saturated rings. The molecule has 0 unspecified atom stereocenters. The second kappa shape index (κ2) is 5.23. The summed E-state index contributed by atoms with van der Waals surface area (Å²) in [5.41, 5.74) is 5.69. The van der Waals surface area contributed by atoms with Crippen LogP contribution in [0.5, 0.6) is 0 Å². The van der Waals surface area contributed by atoms with Gasteiger partial charge in [-0.25, -0.2) is 4.39 Å². The number of aromatic nitrogens is 1. The fourth-order valence-electron chi connectivity index (χ4n) is 2.75. The summed E-state index contributed by atoms with van der Waals surface area (Å²) in [6, 6.07) is 3.85. The van der Waals surface area contributed by atoms with E-state index in [1.165, 1.54) is 5.56 Å². The molecule has 0 amide bonds. The molecule has 0 aliphatic carbocycles. The fourth-order valence-corrected chi connectivity index (χ4v) is 2.75. The number of aldehydes is 1. The summed E-state index contributed by atoms with van der Waals surface area (Å²) in [6.07, 6.45) is 0.277. The first-order valence-electron chi connectivity index (χ1n) is 6.82. The molecule has 0 spiro atoms. The summed E-state index contributed by atoms with van der Waals surface area (Å²) < 4.78 is 13.7. The number of aromatic amines is 1. The topological polar surface area (TPSA) is 32.9 Å². The summed E-state index contributed by atoms with van der Waals surface area (Å²) in [4.78, 5) is 14.0. The average Bonchev–Trinajstić information content (AvgIpc) is 2.71. The monoisotopic (exact) mass is 273 g/mol. The van der Waals surface area contributed by atoms with Gasteiger partial charge < -0.3 is 4.98 Å². The maximum absolute atomic E-state index is 13.7. The Hall–Kier alpha value is -1.90. The van der Waals surface area contributed by atoms with E-state index in [2.05, 4.69) is 25.8 Å². The van der Waals surface area contributed by atoms with Crippen molar-refractivity contribution in [1.29, 1.82) is 0 Å². The molecular formula is C17H20FNO. The van der Waals surface area contributed by atoms with Crippen LogP contribution >= 0.6 is 0 Å². The van der Waals surface area contributed by atoms with Gasteiger partial charge in [0.15, 0.2) is 12.1 Å². The Balaban J connectivity index is 2.90. The lowest BCUT2D eigenvalue weighted by molar-refractivity contribution is -0.106. The number of fused-ring (bicyclic) bond motifs is 1. The molecule has 0 aliphatic rings. The SMILES string of the molecule is C/C(=C(\F)C=O)c1ccc2[nH]c(C)c(C)c2c1C(C)C. The van der Waals surface area contributed by atoms with Crippen LogP contribution in [0, 0.1) is 13.8 Å². The highest BCUT2D eigenvalue weighted by atomic mass is 19.1. The van der Waals surface area contributed by atoms with E-state index in [0.29, 0.717) is 5.57 Å². The standard InChI is InChI=1S/C17H20FNO/c1-9(2)16-13(11(4)14(18)8-20)6-7-15-17(16)10(3)12(5)19-15/h6-9,19H,1-5H3/b14-11+. The Morgan fingerprint density at radius 1 is 1.30 bits per heavy atom. The van der Waals surface area contributed by atoms with Crippen LogP contribution in [0.2, 0.25) is 0 Å². The van der Waals surface area contributed by atoms with E-state index in [-0.39, 0.29) is 12.2 Å². The zero-order valence-corrected chi connectivity index (χ0v) is 12.6. The third-order valence-electron chi connectivity index (χ3n) is 3.95. The molecule has 106 valence electrons. The summed E-state index contributed by atoms with van der Waals surface area (Å²) in [6.45, 7) is 9.94. The minimum absolute atomic E-state index is 0.247. The lowest BCUT2D eigenvalue weighted by atomic mass is 9.88. The van der Waals surface area contributed by atoms with Crippen molar-refractivity contribution < 1.29 is 9.18 Å². The largest absolute Gasteiger partial charge is 0.358 e. The number of carbonyl (C=O) groups excluding carboxylic acids is 1. The van der Waals surface area contributed by atoms with Crippen LogP contribution in [0.3, 0.4) is 0 Å². The number of nitrogens with one attached hydrogen (secondary N) is 1. The van der Waals surface area contributed by atoms with Gasteiger partial charge in [0.25, 0.3) is 0 Å². The Kier molecular flexibility index (Phi) is 3.80. The van der Waals surface area contributed by atoms with E-state index < -0.39 is 5.83 Å². The summed E-state index contributed by atoms with van der Waals surface area (Å²) in [5, 5.41) is 1.15. The first-order chi connectivity index (χ1) is 9.38. The number of H-pyrrole nitrogens is 1. The van der Waals surface area contributed by atoms with Crippen LogP contribution in [0.25, 0.3) is 16.5 Å². The van der Waals surface area contributed by atoms with Crippen molar-refractivity contribution in [3.8, 4) is 0 Å². The van der Waals surface area contributed by atoms with E-state index in [9.17, 15) is 9.18 Å². The summed E-state index contributed by atoms with van der Waals surface area (Å²) in [5.74, 6) is -0.451. The first-order valence-corrected chi connectivity index (χ1v) is 6.82. The Labute approximate surface area is 118 Å². The van der Waals surface area contributed by atoms with Crippen molar-refractivity contribution in [2.75, 3.05) is 0 Å². The molecule has 20 heavy (non-hydrogen) atoms. The quantitative estimate of drug-likeness (QED) is 0.632. The van der Waals surface area contributed by atoms with E-state index in [4.69, 9.17) is 0 Å². The number of benzene rings is 1. The predicted octanol–water partition coefficient (Wildman–Crippen LogP) is 4.81. The Morgan fingerprint density at radius 2 is 1.95 bits per heavy atom. The van der Waals surface area contributed by atoms with E-state index >= 15 is 0 Å². The molecule has 2 rings (SSSR count). The zero-order chi connectivity index (χ0) is 15.0. The van der Waals surface area contributed by atoms with Crippen molar-refractivity contribution in [3.63, 3.8) is 0 Å². The van der Waals surface area contributed by atoms with Crippen molar-refractivity contribution in [2.24, 2.45) is 0 Å². The molecule has 1 aromatic heterocycles. The van der Waals surface area contributed by atoms with Crippen molar-refractivity contribution in [1.82, 2.24) is 4.98 Å². The molecule has 1 aromatic carbocycles. The van der Waals surface area contributed by atoms with Gasteiger partial charge in [0.05, 0.1) is 0 Å². The maximum atomic E-state index is 13.7. The van der Waals surface area contributed by atoms with E-state index in [1.807, 2.05) is 19.1 Å². The Morgan fingerprint density at radius 3 is 2.50 bits per heavy atom. The van der Waals surface area contributed by atoms with Crippen LogP contribution in [-0.4, -0.2) is 11.3 Å². The van der Waals surface area contributed by atoms with Crippen LogP contribution < -0.4 is 0 Å². The normalized spacial score (nSPS) is 12.9. The molecule has 0 bridgehead atoms. The molecule has 0 saturated heterocycles. The van der Waals surface area contributed by atoms with Gasteiger partial charge in [0, 0.05) is 16.6 Å². The molecule has 2 aromatic rings. The molecule has 0 radical (unpaired) electrons. The van der Waals surface area contributed by atoms with Crippen LogP contribution in [0.15, 0.2) is 18.0 Å². The number of rotatable bonds is 3. The van der Waals surface area contributed by atoms with Crippen molar-refractivity contribution in [3.05, 3.63) is 40.3 Å². The highest BCUT2D eigenvalue weighted by Gasteiger charge is 2.18. The minimum Gasteiger partial charge on any atom is -0.358 e. The van der Waals surface area contributed by atoms with Gasteiger partial charge in [-0.05, 0) is 55.0 Å². The van der Waals surface area contributed by atoms with Crippen molar-refractivity contribution in [2.45, 2.75) is 40.5 Å². The molecule has 1 N–H and O–H groups in total. The number of carbonyl (C=O) groups is 1. The molecule has 0 atom stereocenters. The summed E-state index contributed by atoms with van der Waals surface area (Å²) >= 11 is 0. The molecule has 1 heterocycles. The molecule has 2 nitrogen and oxygen atoms in total. The smallest absolute Gasteiger partial charge is 0.178 e. The minimum atomic E-state index is -0.698. The lowest BCUT2D eigenvalue weighted by Gasteiger charge is -2.16. The lowest BCUT2D eigenvalue weighted by Crippen LogP contribution is -1.98. The van der Waals surface area contributed by atoms with Gasteiger partial charge in [-0.15, -0.1) is 0 Å². The van der Waals surface area contributed by atoms with Gasteiger partial charge in [-0.1, -0.05) is 19.9 Å². The first kappa shape index (κ1) is 14.5. The number of allylic oxidation sites excluding steroid dienone is 2. The molecule has 0 aliphatic heterocycles.